The van der Waals surface area contributed by atoms with Gasteiger partial charge in [-0.25, -0.2) is 9.79 Å². The summed E-state index contributed by atoms with van der Waals surface area (Å²) in [5.41, 5.74) is 1.41. The van der Waals surface area contributed by atoms with E-state index in [9.17, 15) is 9.59 Å². The van der Waals surface area contributed by atoms with Gasteiger partial charge in [0.15, 0.2) is 16.3 Å². The minimum Gasteiger partial charge on any atom is -0.463 e. The van der Waals surface area contributed by atoms with Crippen molar-refractivity contribution in [1.29, 1.82) is 0 Å². The smallest absolute Gasteiger partial charge is 0.338 e. The number of fused-ring (bicyclic) bond motifs is 2. The quantitative estimate of drug-likeness (QED) is 0.389. The van der Waals surface area contributed by atoms with Crippen molar-refractivity contribution in [2.45, 2.75) is 32.7 Å². The molecule has 0 radical (unpaired) electrons. The van der Waals surface area contributed by atoms with Gasteiger partial charge in [-0.2, -0.15) is 0 Å². The molecule has 0 spiro atoms. The van der Waals surface area contributed by atoms with Crippen molar-refractivity contribution in [2.75, 3.05) is 32.4 Å². The lowest BCUT2D eigenvalue weighted by atomic mass is 9.94. The molecule has 0 N–H and O–H groups in total. The molecule has 9 nitrogen and oxygen atoms in total. The van der Waals surface area contributed by atoms with Gasteiger partial charge in [0, 0.05) is 26.2 Å². The Morgan fingerprint density at radius 3 is 2.76 bits per heavy atom. The highest BCUT2D eigenvalue weighted by Crippen LogP contribution is 2.39. The molecule has 1 atom stereocenters. The topological polar surface area (TPSA) is 95.5 Å². The van der Waals surface area contributed by atoms with E-state index in [2.05, 4.69) is 15.9 Å². The Labute approximate surface area is 225 Å². The first kappa shape index (κ1) is 25.3. The number of nitrogens with zero attached hydrogens (tertiary/aromatic N) is 3. The largest absolute Gasteiger partial charge is 0.463 e. The van der Waals surface area contributed by atoms with Crippen LogP contribution in [0.4, 0.5) is 5.88 Å². The summed E-state index contributed by atoms with van der Waals surface area (Å²) in [5.74, 6) is 1.86. The Morgan fingerprint density at radius 2 is 2.05 bits per heavy atom. The third-order valence-electron chi connectivity index (χ3n) is 5.97. The number of ether oxygens (including phenoxy) is 3. The third-order valence-corrected chi connectivity index (χ3v) is 7.52. The molecule has 0 aliphatic carbocycles. The number of hydrogen-bond donors (Lipinski definition) is 0. The fourth-order valence-corrected chi connectivity index (χ4v) is 6.06. The number of esters is 1. The Hall–Kier alpha value is -3.31. The number of aromatic nitrogens is 1. The third kappa shape index (κ3) is 4.61. The van der Waals surface area contributed by atoms with E-state index < -0.39 is 12.0 Å². The first-order chi connectivity index (χ1) is 17.8. The Morgan fingerprint density at radius 1 is 1.27 bits per heavy atom. The van der Waals surface area contributed by atoms with E-state index in [0.29, 0.717) is 55.7 Å². The van der Waals surface area contributed by atoms with Crippen LogP contribution in [-0.4, -0.2) is 38.0 Å². The lowest BCUT2D eigenvalue weighted by Gasteiger charge is -2.25. The zero-order valence-corrected chi connectivity index (χ0v) is 23.3. The predicted octanol–water partition coefficient (Wildman–Crippen LogP) is 3.73. The maximum Gasteiger partial charge on any atom is 0.338 e. The molecule has 0 saturated heterocycles. The Bertz CT molecular complexity index is 1580. The number of furan rings is 1. The number of halogens is 1. The van der Waals surface area contributed by atoms with Crippen LogP contribution < -0.4 is 29.3 Å². The molecule has 1 aromatic carbocycles. The zero-order chi connectivity index (χ0) is 26.3. The number of carbonyl (C=O) groups is 1. The summed E-state index contributed by atoms with van der Waals surface area (Å²) < 4.78 is 25.2. The molecule has 0 amide bonds. The molecular formula is C26H26BrN3O6S. The van der Waals surface area contributed by atoms with Crippen LogP contribution in [0.3, 0.4) is 0 Å². The van der Waals surface area contributed by atoms with Gasteiger partial charge in [0.05, 0.1) is 32.9 Å². The van der Waals surface area contributed by atoms with Crippen molar-refractivity contribution in [3.05, 3.63) is 71.0 Å². The average Bonchev–Trinajstić information content (AvgIpc) is 3.56. The number of rotatable bonds is 7. The summed E-state index contributed by atoms with van der Waals surface area (Å²) in [4.78, 5) is 34.2. The standard InChI is InChI=1S/C26H26BrN3O6S/c1-5-7-17-21(25(32)33-6-2)22(14-8-9-18-19(10-14)35-13-34-18)30-23(31)20(37-26(30)28-17)12-15-11-16(27)24(36-15)29(3)4/h8-12,22H,5-7,13H2,1-4H3/b20-12+/t22-/m1/s1. The normalized spacial score (nSPS) is 16.6. The molecule has 0 fully saturated rings. The van der Waals surface area contributed by atoms with Gasteiger partial charge in [0.2, 0.25) is 12.7 Å². The molecule has 2 aliphatic heterocycles. The first-order valence-electron chi connectivity index (χ1n) is 11.9. The molecule has 0 bridgehead atoms. The molecule has 3 aromatic rings. The van der Waals surface area contributed by atoms with E-state index in [1.54, 1.807) is 23.6 Å². The first-order valence-corrected chi connectivity index (χ1v) is 13.5. The molecule has 37 heavy (non-hydrogen) atoms. The second-order valence-electron chi connectivity index (χ2n) is 8.72. The van der Waals surface area contributed by atoms with Crippen molar-refractivity contribution in [3.8, 4) is 11.5 Å². The van der Waals surface area contributed by atoms with Crippen LogP contribution in [0.1, 0.15) is 44.1 Å². The molecule has 11 heteroatoms. The minimum absolute atomic E-state index is 0.122. The van der Waals surface area contributed by atoms with Crippen LogP contribution >= 0.6 is 27.3 Å². The molecular weight excluding hydrogens is 562 g/mol. The summed E-state index contributed by atoms with van der Waals surface area (Å²) in [7, 11) is 3.75. The average molecular weight is 588 g/mol. The zero-order valence-electron chi connectivity index (χ0n) is 20.9. The number of hydrogen-bond acceptors (Lipinski definition) is 9. The second kappa shape index (κ2) is 10.2. The van der Waals surface area contributed by atoms with Gasteiger partial charge in [-0.15, -0.1) is 0 Å². The second-order valence-corrected chi connectivity index (χ2v) is 10.6. The van der Waals surface area contributed by atoms with Crippen LogP contribution in [0, 0.1) is 0 Å². The van der Waals surface area contributed by atoms with E-state index in [-0.39, 0.29) is 19.0 Å². The summed E-state index contributed by atoms with van der Waals surface area (Å²) in [5, 5.41) is 0. The van der Waals surface area contributed by atoms with Crippen molar-refractivity contribution in [3.63, 3.8) is 0 Å². The Kier molecular flexibility index (Phi) is 7.00. The van der Waals surface area contributed by atoms with Gasteiger partial charge in [-0.05, 0) is 47.0 Å². The van der Waals surface area contributed by atoms with Gasteiger partial charge in [-0.1, -0.05) is 30.7 Å². The van der Waals surface area contributed by atoms with E-state index in [1.165, 1.54) is 11.3 Å². The van der Waals surface area contributed by atoms with E-state index >= 15 is 0 Å². The predicted molar refractivity (Wildman–Crippen MR) is 143 cm³/mol. The number of carbonyl (C=O) groups excluding carboxylic acids is 1. The van der Waals surface area contributed by atoms with Gasteiger partial charge in [0.1, 0.15) is 5.76 Å². The van der Waals surface area contributed by atoms with E-state index in [0.717, 1.165) is 10.9 Å². The summed E-state index contributed by atoms with van der Waals surface area (Å²) in [6, 6.07) is 6.53. The molecule has 0 unspecified atom stereocenters. The van der Waals surface area contributed by atoms with Crippen LogP contribution in [-0.2, 0) is 9.53 Å². The number of benzene rings is 1. The van der Waals surface area contributed by atoms with Crippen LogP contribution in [0.2, 0.25) is 0 Å². The monoisotopic (exact) mass is 587 g/mol. The number of anilines is 1. The molecule has 0 saturated carbocycles. The lowest BCUT2D eigenvalue weighted by Crippen LogP contribution is -2.40. The van der Waals surface area contributed by atoms with Gasteiger partial charge in [-0.3, -0.25) is 9.36 Å². The van der Waals surface area contributed by atoms with Crippen LogP contribution in [0.5, 0.6) is 11.5 Å². The highest BCUT2D eigenvalue weighted by molar-refractivity contribution is 9.10. The van der Waals surface area contributed by atoms with Crippen molar-refractivity contribution in [2.24, 2.45) is 4.99 Å². The molecule has 2 aromatic heterocycles. The molecule has 4 heterocycles. The van der Waals surface area contributed by atoms with Gasteiger partial charge >= 0.3 is 5.97 Å². The van der Waals surface area contributed by atoms with Crippen LogP contribution in [0.25, 0.3) is 6.08 Å². The SMILES string of the molecule is CCCC1=C(C(=O)OCC)[C@@H](c2ccc3c(c2)OCO3)n2c(s/c(=C/c3cc(Br)c(N(C)C)o3)c2=O)=N1. The van der Waals surface area contributed by atoms with E-state index in [4.69, 9.17) is 23.6 Å². The molecule has 194 valence electrons. The number of thiazole rings is 1. The summed E-state index contributed by atoms with van der Waals surface area (Å²) in [6.45, 7) is 4.11. The van der Waals surface area contributed by atoms with Gasteiger partial charge in [0.25, 0.3) is 5.56 Å². The Balaban J connectivity index is 1.73. The van der Waals surface area contributed by atoms with Crippen molar-refractivity contribution < 1.29 is 23.4 Å². The molecule has 5 rings (SSSR count). The van der Waals surface area contributed by atoms with Crippen molar-refractivity contribution >= 4 is 45.2 Å². The maximum absolute atomic E-state index is 13.8. The van der Waals surface area contributed by atoms with Crippen molar-refractivity contribution in [1.82, 2.24) is 4.57 Å². The lowest BCUT2D eigenvalue weighted by molar-refractivity contribution is -0.139. The highest BCUT2D eigenvalue weighted by Gasteiger charge is 2.35. The number of allylic oxidation sites excluding steroid dienone is 1. The fourth-order valence-electron chi connectivity index (χ4n) is 4.40. The molecule has 2 aliphatic rings. The maximum atomic E-state index is 13.8. The van der Waals surface area contributed by atoms with Crippen LogP contribution in [0.15, 0.2) is 54.2 Å². The minimum atomic E-state index is -0.728. The summed E-state index contributed by atoms with van der Waals surface area (Å²) in [6.07, 6.45) is 3.04. The fraction of sp³-hybridized carbons (Fsp3) is 0.346. The van der Waals surface area contributed by atoms with E-state index in [1.807, 2.05) is 44.1 Å². The highest BCUT2D eigenvalue weighted by atomic mass is 79.9. The summed E-state index contributed by atoms with van der Waals surface area (Å²) >= 11 is 4.76. The van der Waals surface area contributed by atoms with Gasteiger partial charge < -0.3 is 23.5 Å².